The van der Waals surface area contributed by atoms with Gasteiger partial charge in [0.05, 0.1) is 29.3 Å². The van der Waals surface area contributed by atoms with Crippen molar-refractivity contribution in [2.24, 2.45) is 17.5 Å². The number of hydrogen-bond donors (Lipinski definition) is 3. The fourth-order valence-electron chi connectivity index (χ4n) is 3.93. The Morgan fingerprint density at radius 3 is 2.74 bits per heavy atom. The van der Waals surface area contributed by atoms with E-state index in [1.54, 1.807) is 29.3 Å². The van der Waals surface area contributed by atoms with E-state index < -0.39 is 0 Å². The number of fused-ring (bicyclic) bond motifs is 1. The van der Waals surface area contributed by atoms with Crippen molar-refractivity contribution in [3.8, 4) is 11.9 Å². The number of hydrazine groups is 1. The van der Waals surface area contributed by atoms with Crippen molar-refractivity contribution < 1.29 is 0 Å². The number of nitrogens with one attached hydrogen (secondary N) is 1. The number of nitrogens with two attached hydrogens (primary N) is 2. The van der Waals surface area contributed by atoms with Crippen molar-refractivity contribution in [1.29, 1.82) is 5.26 Å². The van der Waals surface area contributed by atoms with Crippen molar-refractivity contribution in [2.75, 3.05) is 10.3 Å². The Morgan fingerprint density at radius 2 is 2.03 bits per heavy atom. The molecule has 160 valence electrons. The van der Waals surface area contributed by atoms with E-state index in [-0.39, 0.29) is 6.04 Å². The first-order valence-electron chi connectivity index (χ1n) is 10.5. The molecule has 5 N–H and O–H groups in total. The van der Waals surface area contributed by atoms with Crippen molar-refractivity contribution in [2.45, 2.75) is 45.6 Å². The van der Waals surface area contributed by atoms with E-state index in [1.807, 2.05) is 6.07 Å². The van der Waals surface area contributed by atoms with Gasteiger partial charge in [0.2, 0.25) is 0 Å². The second-order valence-electron chi connectivity index (χ2n) is 8.18. The number of hydrogen-bond acceptors (Lipinski definition) is 8. The molecule has 0 radical (unpaired) electrons. The summed E-state index contributed by atoms with van der Waals surface area (Å²) < 4.78 is 1.65. The molecule has 4 rings (SSSR count). The monoisotopic (exact) mass is 417 g/mol. The van der Waals surface area contributed by atoms with E-state index in [4.69, 9.17) is 16.8 Å². The van der Waals surface area contributed by atoms with Crippen LogP contribution in [0.4, 0.5) is 11.4 Å². The van der Waals surface area contributed by atoms with Gasteiger partial charge in [-0.15, -0.1) is 0 Å². The topological polar surface area (TPSA) is 135 Å². The van der Waals surface area contributed by atoms with Crippen molar-refractivity contribution in [1.82, 2.24) is 19.7 Å². The average Bonchev–Trinajstić information content (AvgIpc) is 3.42. The van der Waals surface area contributed by atoms with Gasteiger partial charge in [0.25, 0.3) is 0 Å². The zero-order valence-corrected chi connectivity index (χ0v) is 17.8. The molecular weight excluding hydrogens is 390 g/mol. The lowest BCUT2D eigenvalue weighted by atomic mass is 10.1. The maximum atomic E-state index is 9.09. The van der Waals surface area contributed by atoms with Crippen LogP contribution in [-0.4, -0.2) is 25.8 Å². The number of rotatable bonds is 6. The van der Waals surface area contributed by atoms with E-state index in [0.717, 1.165) is 35.3 Å². The zero-order valence-electron chi connectivity index (χ0n) is 17.8. The van der Waals surface area contributed by atoms with E-state index >= 15 is 0 Å². The molecule has 0 atom stereocenters. The zero-order chi connectivity index (χ0) is 22.0. The molecule has 9 nitrogen and oxygen atoms in total. The lowest BCUT2D eigenvalue weighted by Crippen LogP contribution is -2.29. The number of allylic oxidation sites excluding steroid dienone is 1. The maximum Gasteiger partial charge on any atom is 0.164 e. The van der Waals surface area contributed by atoms with Gasteiger partial charge in [-0.2, -0.15) is 15.0 Å². The van der Waals surface area contributed by atoms with Crippen LogP contribution in [0, 0.1) is 17.2 Å². The van der Waals surface area contributed by atoms with Crippen LogP contribution in [0.15, 0.2) is 42.6 Å². The molecule has 31 heavy (non-hydrogen) atoms. The summed E-state index contributed by atoms with van der Waals surface area (Å²) in [5.74, 6) is 7.35. The molecule has 0 aromatic carbocycles. The normalized spacial score (nSPS) is 14.9. The fraction of sp³-hybridized carbons (Fsp3) is 0.364. The predicted molar refractivity (Wildman–Crippen MR) is 121 cm³/mol. The molecule has 3 aromatic heterocycles. The molecule has 0 bridgehead atoms. The summed E-state index contributed by atoms with van der Waals surface area (Å²) >= 11 is 0. The lowest BCUT2D eigenvalue weighted by molar-refractivity contribution is 0.630. The minimum Gasteiger partial charge on any atom is -0.401 e. The Bertz CT molecular complexity index is 1150. The third kappa shape index (κ3) is 4.29. The molecule has 0 saturated heterocycles. The molecule has 0 amide bonds. The Hall–Kier alpha value is -3.64. The molecule has 1 fully saturated rings. The number of aromatic nitrogens is 4. The van der Waals surface area contributed by atoms with Gasteiger partial charge in [-0.3, -0.25) is 5.01 Å². The first-order chi connectivity index (χ1) is 15.0. The van der Waals surface area contributed by atoms with Crippen LogP contribution in [0.5, 0.6) is 0 Å². The van der Waals surface area contributed by atoms with Crippen LogP contribution >= 0.6 is 0 Å². The van der Waals surface area contributed by atoms with Crippen molar-refractivity contribution >= 4 is 22.4 Å². The Labute approximate surface area is 181 Å². The molecule has 1 aliphatic rings. The summed E-state index contributed by atoms with van der Waals surface area (Å²) in [6.45, 7) is 4.11. The van der Waals surface area contributed by atoms with Crippen LogP contribution in [-0.2, 0) is 0 Å². The molecule has 9 heteroatoms. The van der Waals surface area contributed by atoms with Gasteiger partial charge < -0.3 is 11.1 Å². The van der Waals surface area contributed by atoms with Gasteiger partial charge in [0, 0.05) is 35.6 Å². The second kappa shape index (κ2) is 8.62. The van der Waals surface area contributed by atoms with Crippen molar-refractivity contribution in [3.05, 3.63) is 48.2 Å². The van der Waals surface area contributed by atoms with Gasteiger partial charge in [0.15, 0.2) is 11.5 Å². The summed E-state index contributed by atoms with van der Waals surface area (Å²) in [6, 6.07) is 5.92. The molecule has 3 aromatic rings. The highest BCUT2D eigenvalue weighted by Gasteiger charge is 2.19. The highest BCUT2D eigenvalue weighted by molar-refractivity contribution is 5.78. The first kappa shape index (κ1) is 20.6. The summed E-state index contributed by atoms with van der Waals surface area (Å²) in [5.41, 5.74) is 9.77. The molecule has 3 heterocycles. The summed E-state index contributed by atoms with van der Waals surface area (Å²) in [4.78, 5) is 8.95. The first-order valence-corrected chi connectivity index (χ1v) is 10.5. The Kier molecular flexibility index (Phi) is 5.73. The van der Waals surface area contributed by atoms with E-state index in [2.05, 4.69) is 40.3 Å². The van der Waals surface area contributed by atoms with Crippen molar-refractivity contribution in [3.63, 3.8) is 0 Å². The highest BCUT2D eigenvalue weighted by atomic mass is 15.4. The van der Waals surface area contributed by atoms with Crippen LogP contribution < -0.4 is 21.9 Å². The van der Waals surface area contributed by atoms with Gasteiger partial charge >= 0.3 is 0 Å². The molecule has 0 aliphatic heterocycles. The lowest BCUT2D eigenvalue weighted by Gasteiger charge is -2.22. The van der Waals surface area contributed by atoms with Gasteiger partial charge in [-0.1, -0.05) is 12.8 Å². The highest BCUT2D eigenvalue weighted by Crippen LogP contribution is 2.31. The minimum atomic E-state index is 0.184. The van der Waals surface area contributed by atoms with Gasteiger partial charge in [0.1, 0.15) is 6.07 Å². The SMILES string of the molecule is CC(C)Nc1cc(-n2ncc3cc(C#N)cnc32)ncc1N(N)/C=C(\N)C1CCCC1. The third-order valence-corrected chi connectivity index (χ3v) is 5.46. The van der Waals surface area contributed by atoms with Gasteiger partial charge in [-0.25, -0.2) is 15.8 Å². The quantitative estimate of drug-likeness (QED) is 0.411. The maximum absolute atomic E-state index is 9.09. The van der Waals surface area contributed by atoms with E-state index in [0.29, 0.717) is 22.9 Å². The number of anilines is 2. The molecular formula is C22H27N9. The molecule has 0 spiro atoms. The van der Waals surface area contributed by atoms with Crippen LogP contribution in [0.3, 0.4) is 0 Å². The molecule has 1 aliphatic carbocycles. The van der Waals surface area contributed by atoms with Crippen LogP contribution in [0.2, 0.25) is 0 Å². The fourth-order valence-corrected chi connectivity index (χ4v) is 3.93. The van der Waals surface area contributed by atoms with Gasteiger partial charge in [-0.05, 0) is 38.7 Å². The van der Waals surface area contributed by atoms with Crippen LogP contribution in [0.25, 0.3) is 16.9 Å². The van der Waals surface area contributed by atoms with E-state index in [9.17, 15) is 0 Å². The number of pyridine rings is 2. The number of nitrogens with zero attached hydrogens (tertiary/aromatic N) is 6. The largest absolute Gasteiger partial charge is 0.401 e. The second-order valence-corrected chi connectivity index (χ2v) is 8.18. The third-order valence-electron chi connectivity index (χ3n) is 5.46. The minimum absolute atomic E-state index is 0.184. The summed E-state index contributed by atoms with van der Waals surface area (Å²) in [6.07, 6.45) is 11.3. The average molecular weight is 418 g/mol. The smallest absolute Gasteiger partial charge is 0.164 e. The standard InChI is InChI=1S/C22H27N9/c1-14(2)29-19-8-21(31-22-17(11-28-31)7-15(9-23)10-27-22)26-12-20(19)30(25)13-18(24)16-5-3-4-6-16/h7-8,10-14,16H,3-6,24-25H2,1-2H3,(H,26,29)/b18-13-. The van der Waals surface area contributed by atoms with Crippen LogP contribution in [0.1, 0.15) is 45.1 Å². The Morgan fingerprint density at radius 1 is 1.26 bits per heavy atom. The predicted octanol–water partition coefficient (Wildman–Crippen LogP) is 3.18. The molecule has 0 unspecified atom stereocenters. The van der Waals surface area contributed by atoms with E-state index in [1.165, 1.54) is 24.0 Å². The number of nitriles is 1. The Balaban J connectivity index is 1.70. The molecule has 1 saturated carbocycles. The summed E-state index contributed by atoms with van der Waals surface area (Å²) in [5, 5.41) is 19.2. The summed E-state index contributed by atoms with van der Waals surface area (Å²) in [7, 11) is 0.